The molecule has 100 valence electrons. The van der Waals surface area contributed by atoms with Crippen molar-refractivity contribution in [2.24, 2.45) is 0 Å². The van der Waals surface area contributed by atoms with E-state index in [1.165, 1.54) is 5.56 Å². The summed E-state index contributed by atoms with van der Waals surface area (Å²) in [6.07, 6.45) is 0.943. The molecular weight excluding hydrogens is 259 g/mol. The van der Waals surface area contributed by atoms with Gasteiger partial charge in [0.15, 0.2) is 0 Å². The van der Waals surface area contributed by atoms with Crippen LogP contribution in [0.1, 0.15) is 40.1 Å². The second kappa shape index (κ2) is 5.75. The Labute approximate surface area is 119 Å². The third-order valence-corrected chi connectivity index (χ3v) is 3.95. The molecule has 0 aliphatic heterocycles. The first-order valence-corrected chi connectivity index (χ1v) is 6.96. The van der Waals surface area contributed by atoms with Crippen LogP contribution < -0.4 is 0 Å². The molecule has 2 aromatic carbocycles. The van der Waals surface area contributed by atoms with Crippen molar-refractivity contribution in [3.05, 3.63) is 70.0 Å². The minimum atomic E-state index is -0.228. The number of alkyl halides is 1. The second-order valence-corrected chi connectivity index (χ2v) is 5.32. The number of aryl methyl sites for hydroxylation is 3. The number of halogens is 2. The highest BCUT2D eigenvalue weighted by molar-refractivity contribution is 6.22. The molecule has 19 heavy (non-hydrogen) atoms. The Morgan fingerprint density at radius 3 is 2.26 bits per heavy atom. The zero-order valence-corrected chi connectivity index (χ0v) is 12.3. The molecule has 0 spiro atoms. The predicted molar refractivity (Wildman–Crippen MR) is 79.4 cm³/mol. The Hall–Kier alpha value is -1.34. The van der Waals surface area contributed by atoms with Crippen molar-refractivity contribution in [1.29, 1.82) is 0 Å². The fourth-order valence-corrected chi connectivity index (χ4v) is 2.75. The van der Waals surface area contributed by atoms with E-state index in [1.54, 1.807) is 13.8 Å². The summed E-state index contributed by atoms with van der Waals surface area (Å²) >= 11 is 6.59. The van der Waals surface area contributed by atoms with E-state index in [-0.39, 0.29) is 11.2 Å². The van der Waals surface area contributed by atoms with Crippen LogP contribution >= 0.6 is 11.6 Å². The van der Waals surface area contributed by atoms with Gasteiger partial charge < -0.3 is 0 Å². The quantitative estimate of drug-likeness (QED) is 0.665. The summed E-state index contributed by atoms with van der Waals surface area (Å²) in [5.41, 5.74) is 4.60. The number of rotatable bonds is 3. The molecule has 0 amide bonds. The van der Waals surface area contributed by atoms with Gasteiger partial charge in [-0.1, -0.05) is 43.3 Å². The fourth-order valence-electron chi connectivity index (χ4n) is 2.41. The molecule has 0 nitrogen and oxygen atoms in total. The second-order valence-electron chi connectivity index (χ2n) is 4.88. The van der Waals surface area contributed by atoms with Gasteiger partial charge in [0.2, 0.25) is 0 Å². The average molecular weight is 277 g/mol. The summed E-state index contributed by atoms with van der Waals surface area (Å²) in [4.78, 5) is 0. The minimum absolute atomic E-state index is 0.142. The molecule has 0 saturated heterocycles. The number of hydrogen-bond donors (Lipinski definition) is 0. The van der Waals surface area contributed by atoms with Crippen LogP contribution in [0.15, 0.2) is 36.4 Å². The van der Waals surface area contributed by atoms with Crippen molar-refractivity contribution in [2.75, 3.05) is 0 Å². The lowest BCUT2D eigenvalue weighted by atomic mass is 9.95. The monoisotopic (exact) mass is 276 g/mol. The van der Waals surface area contributed by atoms with Crippen LogP contribution in [0.25, 0.3) is 0 Å². The molecule has 0 N–H and O–H groups in total. The van der Waals surface area contributed by atoms with Crippen molar-refractivity contribution in [3.8, 4) is 0 Å². The number of hydrogen-bond acceptors (Lipinski definition) is 0. The summed E-state index contributed by atoms with van der Waals surface area (Å²) in [6, 6.07) is 11.8. The van der Waals surface area contributed by atoms with Gasteiger partial charge in [0.05, 0.1) is 5.38 Å². The summed E-state index contributed by atoms with van der Waals surface area (Å²) in [6.45, 7) is 5.67. The minimum Gasteiger partial charge on any atom is -0.206 e. The van der Waals surface area contributed by atoms with E-state index in [4.69, 9.17) is 11.6 Å². The topological polar surface area (TPSA) is 0 Å². The summed E-state index contributed by atoms with van der Waals surface area (Å²) in [7, 11) is 0. The van der Waals surface area contributed by atoms with E-state index in [1.807, 2.05) is 30.3 Å². The van der Waals surface area contributed by atoms with Gasteiger partial charge in [-0.05, 0) is 48.1 Å². The Bertz CT molecular complexity index is 567. The molecule has 0 aliphatic carbocycles. The van der Waals surface area contributed by atoms with Crippen LogP contribution in [0.5, 0.6) is 0 Å². The maximum atomic E-state index is 13.7. The summed E-state index contributed by atoms with van der Waals surface area (Å²) < 4.78 is 13.7. The zero-order chi connectivity index (χ0) is 14.0. The standard InChI is InChI=1S/C17H18ClF/c1-4-13-7-5-6-8-15(13)16(18)14-9-11(2)17(19)12(3)10-14/h5-10,16H,4H2,1-3H3. The normalized spacial score (nSPS) is 12.5. The highest BCUT2D eigenvalue weighted by Crippen LogP contribution is 2.33. The molecule has 1 atom stereocenters. The van der Waals surface area contributed by atoms with E-state index in [0.717, 1.165) is 17.5 Å². The van der Waals surface area contributed by atoms with Crippen LogP contribution in [0.4, 0.5) is 4.39 Å². The Morgan fingerprint density at radius 2 is 1.68 bits per heavy atom. The lowest BCUT2D eigenvalue weighted by Gasteiger charge is -2.16. The smallest absolute Gasteiger partial charge is 0.129 e. The van der Waals surface area contributed by atoms with Gasteiger partial charge in [0.25, 0.3) is 0 Å². The molecule has 0 bridgehead atoms. The van der Waals surface area contributed by atoms with E-state index in [0.29, 0.717) is 11.1 Å². The van der Waals surface area contributed by atoms with Gasteiger partial charge in [0.1, 0.15) is 5.82 Å². The molecule has 0 aliphatic rings. The van der Waals surface area contributed by atoms with Gasteiger partial charge in [-0.25, -0.2) is 4.39 Å². The molecule has 2 heteroatoms. The first-order chi connectivity index (χ1) is 9.04. The van der Waals surface area contributed by atoms with Crippen LogP contribution in [0.2, 0.25) is 0 Å². The van der Waals surface area contributed by atoms with Crippen LogP contribution in [-0.4, -0.2) is 0 Å². The molecule has 1 unspecified atom stereocenters. The van der Waals surface area contributed by atoms with Gasteiger partial charge in [-0.3, -0.25) is 0 Å². The van der Waals surface area contributed by atoms with Crippen LogP contribution in [-0.2, 0) is 6.42 Å². The molecule has 2 aromatic rings. The molecule has 0 fully saturated rings. The third-order valence-electron chi connectivity index (χ3n) is 3.46. The molecule has 2 rings (SSSR count). The molecule has 0 heterocycles. The largest absolute Gasteiger partial charge is 0.206 e. The average Bonchev–Trinajstić information content (AvgIpc) is 2.43. The first kappa shape index (κ1) is 14.1. The van der Waals surface area contributed by atoms with Gasteiger partial charge >= 0.3 is 0 Å². The van der Waals surface area contributed by atoms with Crippen molar-refractivity contribution in [3.63, 3.8) is 0 Å². The molecular formula is C17H18ClF. The Morgan fingerprint density at radius 1 is 1.11 bits per heavy atom. The Kier molecular flexibility index (Phi) is 4.26. The van der Waals surface area contributed by atoms with Gasteiger partial charge in [-0.15, -0.1) is 11.6 Å². The lowest BCUT2D eigenvalue weighted by molar-refractivity contribution is 0.608. The van der Waals surface area contributed by atoms with Crippen molar-refractivity contribution >= 4 is 11.6 Å². The lowest BCUT2D eigenvalue weighted by Crippen LogP contribution is -2.00. The SMILES string of the molecule is CCc1ccccc1C(Cl)c1cc(C)c(F)c(C)c1. The van der Waals surface area contributed by atoms with Crippen molar-refractivity contribution in [2.45, 2.75) is 32.6 Å². The van der Waals surface area contributed by atoms with Crippen LogP contribution in [0.3, 0.4) is 0 Å². The third kappa shape index (κ3) is 2.82. The first-order valence-electron chi connectivity index (χ1n) is 6.53. The van der Waals surface area contributed by atoms with E-state index in [2.05, 4.69) is 13.0 Å². The summed E-state index contributed by atoms with van der Waals surface area (Å²) in [5, 5.41) is -0.228. The summed E-state index contributed by atoms with van der Waals surface area (Å²) in [5.74, 6) is -0.142. The van der Waals surface area contributed by atoms with E-state index < -0.39 is 0 Å². The van der Waals surface area contributed by atoms with Gasteiger partial charge in [0, 0.05) is 0 Å². The van der Waals surface area contributed by atoms with E-state index in [9.17, 15) is 4.39 Å². The molecule has 0 radical (unpaired) electrons. The highest BCUT2D eigenvalue weighted by Gasteiger charge is 2.16. The molecule has 0 saturated carbocycles. The molecule has 0 aromatic heterocycles. The fraction of sp³-hybridized carbons (Fsp3) is 0.294. The zero-order valence-electron chi connectivity index (χ0n) is 11.5. The van der Waals surface area contributed by atoms with Crippen molar-refractivity contribution < 1.29 is 4.39 Å². The predicted octanol–water partition coefficient (Wildman–Crippen LogP) is 5.33. The maximum Gasteiger partial charge on any atom is 0.129 e. The Balaban J connectivity index is 2.47. The van der Waals surface area contributed by atoms with E-state index >= 15 is 0 Å². The number of benzene rings is 2. The van der Waals surface area contributed by atoms with Crippen molar-refractivity contribution in [1.82, 2.24) is 0 Å². The highest BCUT2D eigenvalue weighted by atomic mass is 35.5. The van der Waals surface area contributed by atoms with Gasteiger partial charge in [-0.2, -0.15) is 0 Å². The van der Waals surface area contributed by atoms with Crippen LogP contribution in [0, 0.1) is 19.7 Å². The maximum absolute atomic E-state index is 13.7.